The minimum absolute atomic E-state index is 0.0708. The maximum atomic E-state index is 12.8. The first-order valence-corrected chi connectivity index (χ1v) is 7.06. The van der Waals surface area contributed by atoms with Crippen LogP contribution in [0.3, 0.4) is 0 Å². The Bertz CT molecular complexity index is 758. The van der Waals surface area contributed by atoms with Gasteiger partial charge in [-0.25, -0.2) is 4.98 Å². The molecule has 4 nitrogen and oxygen atoms in total. The number of nitrogens with zero attached hydrogens (tertiary/aromatic N) is 2. The second-order valence-electron chi connectivity index (χ2n) is 5.38. The predicted octanol–water partition coefficient (Wildman–Crippen LogP) is 3.16. The van der Waals surface area contributed by atoms with Crippen LogP contribution in [-0.2, 0) is 23.9 Å². The van der Waals surface area contributed by atoms with E-state index in [1.807, 2.05) is 0 Å². The Balaban J connectivity index is 1.93. The van der Waals surface area contributed by atoms with Gasteiger partial charge in [0.15, 0.2) is 0 Å². The molecule has 2 aromatic rings. The molecule has 23 heavy (non-hydrogen) atoms. The van der Waals surface area contributed by atoms with Gasteiger partial charge in [0.25, 0.3) is 0 Å². The van der Waals surface area contributed by atoms with Crippen molar-refractivity contribution in [1.29, 1.82) is 0 Å². The standard InChI is InChI=1S/C16H14F3N3O/c17-16(18,19)11-3-1-2-10(8-11)9-22-13-5-6-14(20)21-12(13)4-7-15(22)23/h1-3,5-6,8H,4,7,9H2,(H2,20,21). The van der Waals surface area contributed by atoms with E-state index in [2.05, 4.69) is 4.98 Å². The topological polar surface area (TPSA) is 59.2 Å². The van der Waals surface area contributed by atoms with E-state index in [0.717, 1.165) is 12.1 Å². The van der Waals surface area contributed by atoms with Crippen LogP contribution in [0.2, 0.25) is 0 Å². The lowest BCUT2D eigenvalue weighted by Gasteiger charge is -2.29. The van der Waals surface area contributed by atoms with E-state index >= 15 is 0 Å². The van der Waals surface area contributed by atoms with Crippen molar-refractivity contribution in [2.45, 2.75) is 25.6 Å². The molecular weight excluding hydrogens is 307 g/mol. The molecule has 1 aliphatic rings. The number of carbonyl (C=O) groups is 1. The molecule has 1 aromatic carbocycles. The van der Waals surface area contributed by atoms with E-state index in [-0.39, 0.29) is 18.9 Å². The molecule has 2 heterocycles. The first-order valence-electron chi connectivity index (χ1n) is 7.06. The number of aromatic nitrogens is 1. The lowest BCUT2D eigenvalue weighted by atomic mass is 10.0. The van der Waals surface area contributed by atoms with Gasteiger partial charge in [-0.05, 0) is 29.8 Å². The van der Waals surface area contributed by atoms with Gasteiger partial charge in [-0.1, -0.05) is 12.1 Å². The molecule has 0 atom stereocenters. The Hall–Kier alpha value is -2.57. The smallest absolute Gasteiger partial charge is 0.384 e. The quantitative estimate of drug-likeness (QED) is 0.924. The second-order valence-corrected chi connectivity index (χ2v) is 5.38. The van der Waals surface area contributed by atoms with E-state index in [0.29, 0.717) is 29.2 Å². The minimum atomic E-state index is -4.41. The number of fused-ring (bicyclic) bond motifs is 1. The van der Waals surface area contributed by atoms with Crippen LogP contribution < -0.4 is 10.6 Å². The molecule has 120 valence electrons. The number of aryl methyl sites for hydroxylation is 1. The molecule has 0 fully saturated rings. The first-order chi connectivity index (χ1) is 10.8. The number of pyridine rings is 1. The van der Waals surface area contributed by atoms with Crippen molar-refractivity contribution in [3.63, 3.8) is 0 Å². The van der Waals surface area contributed by atoms with E-state index in [9.17, 15) is 18.0 Å². The van der Waals surface area contributed by atoms with Crippen LogP contribution in [0.1, 0.15) is 23.2 Å². The van der Waals surface area contributed by atoms with Crippen LogP contribution in [0.25, 0.3) is 0 Å². The zero-order valence-electron chi connectivity index (χ0n) is 12.1. The van der Waals surface area contributed by atoms with Crippen molar-refractivity contribution in [2.75, 3.05) is 10.6 Å². The summed E-state index contributed by atoms with van der Waals surface area (Å²) in [6, 6.07) is 8.25. The molecule has 1 amide bonds. The average Bonchev–Trinajstić information content (AvgIpc) is 2.49. The highest BCUT2D eigenvalue weighted by Gasteiger charge is 2.31. The number of carbonyl (C=O) groups excluding carboxylic acids is 1. The number of hydrogen-bond donors (Lipinski definition) is 1. The Labute approximate surface area is 130 Å². The molecule has 0 unspecified atom stereocenters. The second kappa shape index (κ2) is 5.57. The summed E-state index contributed by atoms with van der Waals surface area (Å²) in [7, 11) is 0. The first kappa shape index (κ1) is 15.3. The highest BCUT2D eigenvalue weighted by molar-refractivity contribution is 5.96. The Morgan fingerprint density at radius 1 is 1.17 bits per heavy atom. The summed E-state index contributed by atoms with van der Waals surface area (Å²) < 4.78 is 38.4. The Morgan fingerprint density at radius 3 is 2.70 bits per heavy atom. The summed E-state index contributed by atoms with van der Waals surface area (Å²) in [5.41, 5.74) is 6.63. The third kappa shape index (κ3) is 3.13. The zero-order valence-corrected chi connectivity index (χ0v) is 12.1. The Kier molecular flexibility index (Phi) is 3.71. The van der Waals surface area contributed by atoms with Crippen LogP contribution >= 0.6 is 0 Å². The molecule has 1 aliphatic heterocycles. The highest BCUT2D eigenvalue weighted by Crippen LogP contribution is 2.32. The number of rotatable bonds is 2. The lowest BCUT2D eigenvalue weighted by Crippen LogP contribution is -2.35. The molecule has 0 bridgehead atoms. The van der Waals surface area contributed by atoms with Crippen molar-refractivity contribution in [3.8, 4) is 0 Å². The van der Waals surface area contributed by atoms with E-state index in [1.165, 1.54) is 11.0 Å². The van der Waals surface area contributed by atoms with Crippen LogP contribution in [0, 0.1) is 0 Å². The monoisotopic (exact) mass is 321 g/mol. The summed E-state index contributed by atoms with van der Waals surface area (Å²) in [5.74, 6) is 0.221. The van der Waals surface area contributed by atoms with Crippen LogP contribution in [0.5, 0.6) is 0 Å². The third-order valence-electron chi connectivity index (χ3n) is 3.73. The fraction of sp³-hybridized carbons (Fsp3) is 0.250. The van der Waals surface area contributed by atoms with Gasteiger partial charge in [0, 0.05) is 12.8 Å². The highest BCUT2D eigenvalue weighted by atomic mass is 19.4. The van der Waals surface area contributed by atoms with E-state index in [1.54, 1.807) is 18.2 Å². The van der Waals surface area contributed by atoms with Crippen molar-refractivity contribution in [3.05, 3.63) is 53.2 Å². The number of halogens is 3. The van der Waals surface area contributed by atoms with Gasteiger partial charge < -0.3 is 10.6 Å². The molecule has 7 heteroatoms. The molecule has 2 N–H and O–H groups in total. The van der Waals surface area contributed by atoms with Gasteiger partial charge >= 0.3 is 6.18 Å². The fourth-order valence-electron chi connectivity index (χ4n) is 2.64. The van der Waals surface area contributed by atoms with Crippen molar-refractivity contribution < 1.29 is 18.0 Å². The maximum absolute atomic E-state index is 12.8. The number of nitrogens with two attached hydrogens (primary N) is 1. The zero-order chi connectivity index (χ0) is 16.6. The van der Waals surface area contributed by atoms with Crippen LogP contribution in [0.4, 0.5) is 24.7 Å². The van der Waals surface area contributed by atoms with Crippen LogP contribution in [0.15, 0.2) is 36.4 Å². The molecule has 0 aliphatic carbocycles. The van der Waals surface area contributed by atoms with Gasteiger partial charge in [-0.2, -0.15) is 13.2 Å². The summed E-state index contributed by atoms with van der Waals surface area (Å²) in [5, 5.41) is 0. The third-order valence-corrected chi connectivity index (χ3v) is 3.73. The SMILES string of the molecule is Nc1ccc2c(n1)CCC(=O)N2Cc1cccc(C(F)(F)F)c1. The van der Waals surface area contributed by atoms with E-state index < -0.39 is 11.7 Å². The lowest BCUT2D eigenvalue weighted by molar-refractivity contribution is -0.137. The number of nitrogen functional groups attached to an aromatic ring is 1. The predicted molar refractivity (Wildman–Crippen MR) is 79.6 cm³/mol. The Morgan fingerprint density at radius 2 is 1.96 bits per heavy atom. The molecule has 0 spiro atoms. The minimum Gasteiger partial charge on any atom is -0.384 e. The number of hydrogen-bond acceptors (Lipinski definition) is 3. The molecule has 1 aromatic heterocycles. The van der Waals surface area contributed by atoms with Gasteiger partial charge in [0.2, 0.25) is 5.91 Å². The van der Waals surface area contributed by atoms with Gasteiger partial charge in [-0.15, -0.1) is 0 Å². The largest absolute Gasteiger partial charge is 0.416 e. The number of benzene rings is 1. The van der Waals surface area contributed by atoms with Gasteiger partial charge in [-0.3, -0.25) is 4.79 Å². The van der Waals surface area contributed by atoms with Crippen molar-refractivity contribution in [2.24, 2.45) is 0 Å². The van der Waals surface area contributed by atoms with Gasteiger partial charge in [0.1, 0.15) is 5.82 Å². The summed E-state index contributed by atoms with van der Waals surface area (Å²) in [6.45, 7) is 0.0708. The molecule has 0 saturated heterocycles. The average molecular weight is 321 g/mol. The number of amides is 1. The number of anilines is 2. The number of alkyl halides is 3. The van der Waals surface area contributed by atoms with Crippen molar-refractivity contribution >= 4 is 17.4 Å². The molecular formula is C16H14F3N3O. The fourth-order valence-corrected chi connectivity index (χ4v) is 2.64. The molecule has 0 radical (unpaired) electrons. The summed E-state index contributed by atoms with van der Waals surface area (Å²) >= 11 is 0. The molecule has 3 rings (SSSR count). The summed E-state index contributed by atoms with van der Waals surface area (Å²) in [4.78, 5) is 17.8. The normalized spacial score (nSPS) is 14.7. The van der Waals surface area contributed by atoms with Gasteiger partial charge in [0.05, 0.1) is 23.5 Å². The van der Waals surface area contributed by atoms with Crippen molar-refractivity contribution in [1.82, 2.24) is 4.98 Å². The van der Waals surface area contributed by atoms with E-state index in [4.69, 9.17) is 5.73 Å². The molecule has 0 saturated carbocycles. The summed E-state index contributed by atoms with van der Waals surface area (Å²) in [6.07, 6.45) is -3.66. The van der Waals surface area contributed by atoms with Crippen LogP contribution in [-0.4, -0.2) is 10.9 Å². The maximum Gasteiger partial charge on any atom is 0.416 e.